The SMILES string of the molecule is COc1cc(C)nc(CSc2nc(N)c3ccsc3n2)c1. The number of thioether (sulfide) groups is 1. The number of nitrogens with two attached hydrogens (primary N) is 1. The fourth-order valence-electron chi connectivity index (χ4n) is 1.96. The van der Waals surface area contributed by atoms with E-state index in [1.807, 2.05) is 30.5 Å². The first kappa shape index (κ1) is 14.1. The minimum absolute atomic E-state index is 0.526. The molecule has 0 amide bonds. The molecule has 0 bridgehead atoms. The molecule has 0 aromatic carbocycles. The Kier molecular flexibility index (Phi) is 3.94. The summed E-state index contributed by atoms with van der Waals surface area (Å²) in [5.41, 5.74) is 7.81. The molecule has 108 valence electrons. The van der Waals surface area contributed by atoms with E-state index in [4.69, 9.17) is 10.5 Å². The van der Waals surface area contributed by atoms with E-state index in [0.717, 1.165) is 27.4 Å². The molecule has 0 saturated carbocycles. The van der Waals surface area contributed by atoms with Crippen molar-refractivity contribution in [2.75, 3.05) is 12.8 Å². The zero-order chi connectivity index (χ0) is 14.8. The molecule has 3 heterocycles. The molecule has 3 aromatic heterocycles. The monoisotopic (exact) mass is 318 g/mol. The summed E-state index contributed by atoms with van der Waals surface area (Å²) in [4.78, 5) is 14.2. The maximum Gasteiger partial charge on any atom is 0.191 e. The summed E-state index contributed by atoms with van der Waals surface area (Å²) < 4.78 is 5.26. The van der Waals surface area contributed by atoms with E-state index in [0.29, 0.717) is 16.7 Å². The third kappa shape index (κ3) is 3.08. The summed E-state index contributed by atoms with van der Waals surface area (Å²) in [5.74, 6) is 2.01. The van der Waals surface area contributed by atoms with Gasteiger partial charge >= 0.3 is 0 Å². The van der Waals surface area contributed by atoms with E-state index in [9.17, 15) is 0 Å². The normalized spacial score (nSPS) is 11.0. The van der Waals surface area contributed by atoms with Crippen LogP contribution in [0.25, 0.3) is 10.2 Å². The average Bonchev–Trinajstić information content (AvgIpc) is 2.93. The summed E-state index contributed by atoms with van der Waals surface area (Å²) in [6.07, 6.45) is 0. The Bertz CT molecular complexity index is 788. The Morgan fingerprint density at radius 1 is 1.29 bits per heavy atom. The van der Waals surface area contributed by atoms with Gasteiger partial charge in [0.05, 0.1) is 18.2 Å². The molecule has 0 radical (unpaired) electrons. The van der Waals surface area contributed by atoms with Crippen LogP contribution in [0.5, 0.6) is 5.75 Å². The number of nitrogens with zero attached hydrogens (tertiary/aromatic N) is 3. The number of ether oxygens (including phenoxy) is 1. The first-order valence-electron chi connectivity index (χ1n) is 6.31. The molecule has 3 rings (SSSR count). The average molecular weight is 318 g/mol. The summed E-state index contributed by atoms with van der Waals surface area (Å²) in [7, 11) is 1.65. The van der Waals surface area contributed by atoms with Gasteiger partial charge in [-0.2, -0.15) is 0 Å². The Labute approximate surface area is 130 Å². The van der Waals surface area contributed by atoms with Gasteiger partial charge in [0.15, 0.2) is 5.16 Å². The van der Waals surface area contributed by atoms with Gasteiger partial charge in [-0.05, 0) is 18.4 Å². The van der Waals surface area contributed by atoms with Crippen LogP contribution >= 0.6 is 23.1 Å². The first-order valence-corrected chi connectivity index (χ1v) is 8.17. The molecule has 0 fully saturated rings. The van der Waals surface area contributed by atoms with Crippen molar-refractivity contribution >= 4 is 39.1 Å². The summed E-state index contributed by atoms with van der Waals surface area (Å²) in [6.45, 7) is 1.95. The van der Waals surface area contributed by atoms with Crippen LogP contribution in [-0.2, 0) is 5.75 Å². The number of aryl methyl sites for hydroxylation is 1. The summed E-state index contributed by atoms with van der Waals surface area (Å²) >= 11 is 3.09. The van der Waals surface area contributed by atoms with Crippen LogP contribution < -0.4 is 10.5 Å². The molecule has 0 spiro atoms. The van der Waals surface area contributed by atoms with Crippen LogP contribution in [0.3, 0.4) is 0 Å². The highest BCUT2D eigenvalue weighted by molar-refractivity contribution is 7.98. The van der Waals surface area contributed by atoms with Crippen molar-refractivity contribution in [1.82, 2.24) is 15.0 Å². The molecule has 2 N–H and O–H groups in total. The van der Waals surface area contributed by atoms with Crippen molar-refractivity contribution < 1.29 is 4.74 Å². The highest BCUT2D eigenvalue weighted by Crippen LogP contribution is 2.28. The first-order chi connectivity index (χ1) is 10.2. The molecule has 0 atom stereocenters. The molecule has 3 aromatic rings. The Morgan fingerprint density at radius 2 is 2.14 bits per heavy atom. The highest BCUT2D eigenvalue weighted by atomic mass is 32.2. The van der Waals surface area contributed by atoms with Gasteiger partial charge in [0.25, 0.3) is 0 Å². The predicted octanol–water partition coefficient (Wildman–Crippen LogP) is 3.28. The summed E-state index contributed by atoms with van der Waals surface area (Å²) in [6, 6.07) is 5.77. The van der Waals surface area contributed by atoms with E-state index in [2.05, 4.69) is 15.0 Å². The van der Waals surface area contributed by atoms with Crippen LogP contribution in [0.2, 0.25) is 0 Å². The number of hydrogen-bond donors (Lipinski definition) is 1. The van der Waals surface area contributed by atoms with Gasteiger partial charge < -0.3 is 10.5 Å². The smallest absolute Gasteiger partial charge is 0.191 e. The van der Waals surface area contributed by atoms with Crippen LogP contribution in [-0.4, -0.2) is 22.1 Å². The van der Waals surface area contributed by atoms with Gasteiger partial charge in [0, 0.05) is 23.6 Å². The van der Waals surface area contributed by atoms with Crippen molar-refractivity contribution in [2.45, 2.75) is 17.8 Å². The van der Waals surface area contributed by atoms with Gasteiger partial charge in [-0.15, -0.1) is 11.3 Å². The fraction of sp³-hybridized carbons (Fsp3) is 0.214. The molecule has 0 aliphatic carbocycles. The van der Waals surface area contributed by atoms with Crippen molar-refractivity contribution in [2.24, 2.45) is 0 Å². The number of anilines is 1. The molecule has 5 nitrogen and oxygen atoms in total. The van der Waals surface area contributed by atoms with Crippen molar-refractivity contribution in [1.29, 1.82) is 0 Å². The zero-order valence-electron chi connectivity index (χ0n) is 11.7. The number of nitrogen functional groups attached to an aromatic ring is 1. The number of thiophene rings is 1. The largest absolute Gasteiger partial charge is 0.497 e. The molecule has 0 unspecified atom stereocenters. The minimum Gasteiger partial charge on any atom is -0.497 e. The fourth-order valence-corrected chi connectivity index (χ4v) is 3.53. The molecular weight excluding hydrogens is 304 g/mol. The quantitative estimate of drug-likeness (QED) is 0.588. The number of methoxy groups -OCH3 is 1. The van der Waals surface area contributed by atoms with E-state index >= 15 is 0 Å². The second-order valence-electron chi connectivity index (χ2n) is 4.46. The molecule has 0 aliphatic rings. The third-order valence-corrected chi connectivity index (χ3v) is 4.59. The standard InChI is InChI=1S/C14H14N4OS2/c1-8-5-10(19-2)6-9(16-8)7-21-14-17-12(15)11-3-4-20-13(11)18-14/h3-6H,7H2,1-2H3,(H2,15,17,18). The van der Waals surface area contributed by atoms with Crippen LogP contribution in [0, 0.1) is 6.92 Å². The lowest BCUT2D eigenvalue weighted by molar-refractivity contribution is 0.413. The Balaban J connectivity index is 1.81. The van der Waals surface area contributed by atoms with Crippen molar-refractivity contribution in [3.63, 3.8) is 0 Å². The summed E-state index contributed by atoms with van der Waals surface area (Å²) in [5, 5.41) is 3.56. The van der Waals surface area contributed by atoms with Crippen molar-refractivity contribution in [3.05, 3.63) is 35.0 Å². The van der Waals surface area contributed by atoms with Gasteiger partial charge in [0.2, 0.25) is 0 Å². The van der Waals surface area contributed by atoms with E-state index < -0.39 is 0 Å². The number of aromatic nitrogens is 3. The Hall–Kier alpha value is -1.86. The maximum absolute atomic E-state index is 5.95. The van der Waals surface area contributed by atoms with Crippen LogP contribution in [0.4, 0.5) is 5.82 Å². The zero-order valence-corrected chi connectivity index (χ0v) is 13.3. The number of pyridine rings is 1. The highest BCUT2D eigenvalue weighted by Gasteiger charge is 2.08. The van der Waals surface area contributed by atoms with Gasteiger partial charge in [-0.25, -0.2) is 9.97 Å². The van der Waals surface area contributed by atoms with Crippen molar-refractivity contribution in [3.8, 4) is 5.75 Å². The third-order valence-electron chi connectivity index (χ3n) is 2.90. The van der Waals surface area contributed by atoms with Gasteiger partial charge in [0.1, 0.15) is 16.4 Å². The second kappa shape index (κ2) is 5.87. The molecular formula is C14H14N4OS2. The topological polar surface area (TPSA) is 73.9 Å². The lowest BCUT2D eigenvalue weighted by Gasteiger charge is -2.06. The lowest BCUT2D eigenvalue weighted by atomic mass is 10.3. The molecule has 0 saturated heterocycles. The van der Waals surface area contributed by atoms with Crippen LogP contribution in [0.15, 0.2) is 28.7 Å². The number of fused-ring (bicyclic) bond motifs is 1. The molecule has 7 heteroatoms. The van der Waals surface area contributed by atoms with E-state index in [-0.39, 0.29) is 0 Å². The minimum atomic E-state index is 0.526. The predicted molar refractivity (Wildman–Crippen MR) is 86.9 cm³/mol. The van der Waals surface area contributed by atoms with E-state index in [1.54, 1.807) is 18.4 Å². The van der Waals surface area contributed by atoms with Gasteiger partial charge in [-0.3, -0.25) is 4.98 Å². The lowest BCUT2D eigenvalue weighted by Crippen LogP contribution is -1.97. The molecule has 0 aliphatic heterocycles. The van der Waals surface area contributed by atoms with E-state index in [1.165, 1.54) is 11.8 Å². The van der Waals surface area contributed by atoms with Gasteiger partial charge in [-0.1, -0.05) is 11.8 Å². The number of rotatable bonds is 4. The molecule has 21 heavy (non-hydrogen) atoms. The number of hydrogen-bond acceptors (Lipinski definition) is 7. The second-order valence-corrected chi connectivity index (χ2v) is 6.30. The maximum atomic E-state index is 5.95. The van der Waals surface area contributed by atoms with Crippen LogP contribution in [0.1, 0.15) is 11.4 Å². The Morgan fingerprint density at radius 3 is 2.95 bits per heavy atom.